The number of unbranched alkanes of at least 4 members (excludes halogenated alkanes) is 1. The molecule has 0 radical (unpaired) electrons. The van der Waals surface area contributed by atoms with E-state index in [2.05, 4.69) is 36.1 Å². The van der Waals surface area contributed by atoms with Gasteiger partial charge in [0.15, 0.2) is 11.5 Å². The summed E-state index contributed by atoms with van der Waals surface area (Å²) in [4.78, 5) is 2.66. The van der Waals surface area contributed by atoms with Crippen LogP contribution in [-0.2, 0) is 19.3 Å². The van der Waals surface area contributed by atoms with Gasteiger partial charge in [-0.25, -0.2) is 0 Å². The lowest BCUT2D eigenvalue weighted by Crippen LogP contribution is -2.37. The van der Waals surface area contributed by atoms with Crippen molar-refractivity contribution in [2.45, 2.75) is 45.1 Å². The fourth-order valence-electron chi connectivity index (χ4n) is 4.62. The number of ether oxygens (including phenoxy) is 3. The molecule has 0 aliphatic carbocycles. The van der Waals surface area contributed by atoms with E-state index < -0.39 is 0 Å². The lowest BCUT2D eigenvalue weighted by Gasteiger charge is -2.38. The minimum absolute atomic E-state index is 0.363. The highest BCUT2D eigenvalue weighted by molar-refractivity contribution is 5.50. The Morgan fingerprint density at radius 2 is 2.00 bits per heavy atom. The van der Waals surface area contributed by atoms with Crippen LogP contribution in [0.25, 0.3) is 0 Å². The molecule has 2 heterocycles. The number of para-hydroxylation sites is 1. The summed E-state index contributed by atoms with van der Waals surface area (Å²) in [5, 5.41) is 0. The largest absolute Gasteiger partial charge is 0.493 e. The van der Waals surface area contributed by atoms with Crippen LogP contribution in [0.15, 0.2) is 30.3 Å². The third kappa shape index (κ3) is 3.58. The standard InChI is InChI=1S/C24H31NO3/c1-4-5-11-25-12-9-17-16-23-18(10-13-28-23)14-20(17)21(25)15-19-7-6-8-22(26-2)24(19)27-3/h6-8,14,16,21H,4-5,9-13,15H2,1-3H3. The van der Waals surface area contributed by atoms with E-state index in [0.717, 1.165) is 56.2 Å². The molecule has 2 aromatic rings. The van der Waals surface area contributed by atoms with E-state index in [1.807, 2.05) is 6.07 Å². The Morgan fingerprint density at radius 3 is 2.79 bits per heavy atom. The summed E-state index contributed by atoms with van der Waals surface area (Å²) >= 11 is 0. The van der Waals surface area contributed by atoms with Gasteiger partial charge >= 0.3 is 0 Å². The Labute approximate surface area is 168 Å². The first-order valence-electron chi connectivity index (χ1n) is 10.5. The van der Waals surface area contributed by atoms with Crippen LogP contribution in [0.4, 0.5) is 0 Å². The summed E-state index contributed by atoms with van der Waals surface area (Å²) in [5.74, 6) is 2.76. The van der Waals surface area contributed by atoms with Crippen LogP contribution in [0.1, 0.15) is 48.1 Å². The first-order chi connectivity index (χ1) is 13.7. The minimum Gasteiger partial charge on any atom is -0.493 e. The molecule has 4 nitrogen and oxygen atoms in total. The molecule has 2 aromatic carbocycles. The van der Waals surface area contributed by atoms with Crippen molar-refractivity contribution in [1.82, 2.24) is 4.90 Å². The van der Waals surface area contributed by atoms with Crippen molar-refractivity contribution in [2.24, 2.45) is 0 Å². The Morgan fingerprint density at radius 1 is 1.11 bits per heavy atom. The number of fused-ring (bicyclic) bond motifs is 2. The second kappa shape index (κ2) is 8.44. The van der Waals surface area contributed by atoms with Crippen LogP contribution >= 0.6 is 0 Å². The quantitative estimate of drug-likeness (QED) is 0.702. The molecule has 0 bridgehead atoms. The van der Waals surface area contributed by atoms with Crippen LogP contribution in [0.3, 0.4) is 0 Å². The fraction of sp³-hybridized carbons (Fsp3) is 0.500. The van der Waals surface area contributed by atoms with Crippen LogP contribution in [0.5, 0.6) is 17.2 Å². The van der Waals surface area contributed by atoms with Gasteiger partial charge in [0, 0.05) is 19.0 Å². The van der Waals surface area contributed by atoms with Gasteiger partial charge in [-0.3, -0.25) is 4.90 Å². The molecule has 0 aromatic heterocycles. The average Bonchev–Trinajstić information content (AvgIpc) is 3.18. The third-order valence-electron chi connectivity index (χ3n) is 6.12. The molecule has 4 rings (SSSR count). The molecule has 0 fully saturated rings. The first kappa shape index (κ1) is 19.1. The van der Waals surface area contributed by atoms with E-state index in [1.54, 1.807) is 14.2 Å². The van der Waals surface area contributed by atoms with E-state index >= 15 is 0 Å². The second-order valence-corrected chi connectivity index (χ2v) is 7.77. The van der Waals surface area contributed by atoms with Crippen molar-refractivity contribution in [3.63, 3.8) is 0 Å². The smallest absolute Gasteiger partial charge is 0.163 e. The molecule has 28 heavy (non-hydrogen) atoms. The van der Waals surface area contributed by atoms with E-state index in [4.69, 9.17) is 14.2 Å². The Balaban J connectivity index is 1.72. The van der Waals surface area contributed by atoms with E-state index in [1.165, 1.54) is 35.1 Å². The van der Waals surface area contributed by atoms with Gasteiger partial charge in [0.1, 0.15) is 5.75 Å². The highest BCUT2D eigenvalue weighted by atomic mass is 16.5. The number of hydrogen-bond acceptors (Lipinski definition) is 4. The van der Waals surface area contributed by atoms with Gasteiger partial charge < -0.3 is 14.2 Å². The summed E-state index contributed by atoms with van der Waals surface area (Å²) in [6, 6.07) is 11.3. The summed E-state index contributed by atoms with van der Waals surface area (Å²) in [5.41, 5.74) is 5.48. The predicted octanol–water partition coefficient (Wildman–Crippen LogP) is 4.58. The van der Waals surface area contributed by atoms with Crippen molar-refractivity contribution >= 4 is 0 Å². The maximum absolute atomic E-state index is 5.83. The zero-order chi connectivity index (χ0) is 19.5. The number of methoxy groups -OCH3 is 2. The van der Waals surface area contributed by atoms with Crippen molar-refractivity contribution in [3.05, 3.63) is 52.6 Å². The van der Waals surface area contributed by atoms with Gasteiger partial charge in [-0.2, -0.15) is 0 Å². The van der Waals surface area contributed by atoms with Gasteiger partial charge in [0.25, 0.3) is 0 Å². The Hall–Kier alpha value is -2.20. The van der Waals surface area contributed by atoms with E-state index in [0.29, 0.717) is 6.04 Å². The molecular formula is C24H31NO3. The summed E-state index contributed by atoms with van der Waals surface area (Å²) < 4.78 is 17.1. The zero-order valence-electron chi connectivity index (χ0n) is 17.3. The van der Waals surface area contributed by atoms with Gasteiger partial charge in [-0.15, -0.1) is 0 Å². The second-order valence-electron chi connectivity index (χ2n) is 7.77. The molecule has 0 spiro atoms. The third-order valence-corrected chi connectivity index (χ3v) is 6.12. The molecular weight excluding hydrogens is 350 g/mol. The van der Waals surface area contributed by atoms with Gasteiger partial charge in [0.05, 0.1) is 20.8 Å². The minimum atomic E-state index is 0.363. The number of rotatable bonds is 7. The molecule has 0 N–H and O–H groups in total. The molecule has 4 heteroatoms. The molecule has 1 unspecified atom stereocenters. The molecule has 0 saturated heterocycles. The summed E-state index contributed by atoms with van der Waals surface area (Å²) in [6.07, 6.45) is 5.50. The summed E-state index contributed by atoms with van der Waals surface area (Å²) in [7, 11) is 3.43. The van der Waals surface area contributed by atoms with Gasteiger partial charge in [-0.05, 0) is 60.2 Å². The number of hydrogen-bond donors (Lipinski definition) is 0. The molecule has 2 aliphatic heterocycles. The highest BCUT2D eigenvalue weighted by Gasteiger charge is 2.30. The molecule has 0 amide bonds. The van der Waals surface area contributed by atoms with Crippen molar-refractivity contribution in [3.8, 4) is 17.2 Å². The number of nitrogens with zero attached hydrogens (tertiary/aromatic N) is 1. The zero-order valence-corrected chi connectivity index (χ0v) is 17.3. The van der Waals surface area contributed by atoms with Gasteiger partial charge in [0.2, 0.25) is 0 Å². The lowest BCUT2D eigenvalue weighted by atomic mass is 9.86. The van der Waals surface area contributed by atoms with Crippen molar-refractivity contribution < 1.29 is 14.2 Å². The van der Waals surface area contributed by atoms with Crippen molar-refractivity contribution in [1.29, 1.82) is 0 Å². The molecule has 2 aliphatic rings. The van der Waals surface area contributed by atoms with E-state index in [9.17, 15) is 0 Å². The molecule has 150 valence electrons. The average molecular weight is 382 g/mol. The van der Waals surface area contributed by atoms with Crippen LogP contribution in [-0.4, -0.2) is 38.8 Å². The Bertz CT molecular complexity index is 833. The molecule has 1 atom stereocenters. The molecule has 0 saturated carbocycles. The van der Waals surface area contributed by atoms with Crippen LogP contribution < -0.4 is 14.2 Å². The van der Waals surface area contributed by atoms with E-state index in [-0.39, 0.29) is 0 Å². The monoisotopic (exact) mass is 381 g/mol. The van der Waals surface area contributed by atoms with Gasteiger partial charge in [-0.1, -0.05) is 31.5 Å². The predicted molar refractivity (Wildman–Crippen MR) is 112 cm³/mol. The summed E-state index contributed by atoms with van der Waals surface area (Å²) in [6.45, 7) is 5.32. The van der Waals surface area contributed by atoms with Crippen LogP contribution in [0.2, 0.25) is 0 Å². The Kier molecular flexibility index (Phi) is 5.77. The number of benzene rings is 2. The highest BCUT2D eigenvalue weighted by Crippen LogP contribution is 2.41. The van der Waals surface area contributed by atoms with Crippen LogP contribution in [0, 0.1) is 0 Å². The normalized spacial score (nSPS) is 18.3. The fourth-order valence-corrected chi connectivity index (χ4v) is 4.62. The topological polar surface area (TPSA) is 30.9 Å². The SMILES string of the molecule is CCCCN1CCc2cc3c(cc2C1Cc1cccc(OC)c1OC)CCO3. The maximum Gasteiger partial charge on any atom is 0.163 e. The maximum atomic E-state index is 5.83. The first-order valence-corrected chi connectivity index (χ1v) is 10.5. The lowest BCUT2D eigenvalue weighted by molar-refractivity contribution is 0.179. The van der Waals surface area contributed by atoms with Crippen molar-refractivity contribution in [2.75, 3.05) is 33.9 Å².